The van der Waals surface area contributed by atoms with Crippen molar-refractivity contribution in [3.63, 3.8) is 0 Å². The normalized spacial score (nSPS) is 19.4. The van der Waals surface area contributed by atoms with Crippen LogP contribution in [0.25, 0.3) is 0 Å². The zero-order valence-corrected chi connectivity index (χ0v) is 42.4. The Labute approximate surface area is 361 Å². The molecule has 4 heteroatoms. The quantitative estimate of drug-likeness (QED) is 0.290. The standard InChI is InChI=1S/C14H20.C11H25N.C10H20O.C9H18O.C9H14S/c1-14(2,3)13-10-6-8-11-7-4-5-9-12(11)13;1-10(2,3)8-11(4,5)9-12(6)7;1-10(2,3)8-9-4-6-11-7-5-9;2*1-9(2,3)7-8-5-4-6-10-8/h4-5,7,9,13H,6,8,10H2,1-3H3;8-9H2,1-7H3;9H,4-8H2,1-3H3;8H,4-7H2,1-3H3;4-6H,7H2,1-3H3. The molecular weight excluding hydrogens is 715 g/mol. The van der Waals surface area contributed by atoms with E-state index in [1.165, 1.54) is 82.1 Å². The van der Waals surface area contributed by atoms with Crippen LogP contribution >= 0.6 is 11.3 Å². The van der Waals surface area contributed by atoms with Gasteiger partial charge in [-0.05, 0) is 152 Å². The summed E-state index contributed by atoms with van der Waals surface area (Å²) < 4.78 is 10.8. The van der Waals surface area contributed by atoms with E-state index in [1.54, 1.807) is 11.1 Å². The van der Waals surface area contributed by atoms with E-state index in [0.717, 1.165) is 31.7 Å². The number of aryl methyl sites for hydroxylation is 1. The highest BCUT2D eigenvalue weighted by molar-refractivity contribution is 7.09. The Morgan fingerprint density at radius 1 is 0.632 bits per heavy atom. The second kappa shape index (κ2) is 24.3. The average molecular weight is 812 g/mol. The van der Waals surface area contributed by atoms with Gasteiger partial charge in [0.15, 0.2) is 0 Å². The van der Waals surface area contributed by atoms with E-state index in [2.05, 4.69) is 178 Å². The minimum absolute atomic E-state index is 0.413. The molecule has 2 aliphatic heterocycles. The number of fused-ring (bicyclic) bond motifs is 1. The van der Waals surface area contributed by atoms with E-state index < -0.39 is 0 Å². The predicted octanol–water partition coefficient (Wildman–Crippen LogP) is 16.0. The molecule has 57 heavy (non-hydrogen) atoms. The van der Waals surface area contributed by atoms with Crippen LogP contribution in [-0.2, 0) is 22.3 Å². The van der Waals surface area contributed by atoms with Crippen molar-refractivity contribution < 1.29 is 9.47 Å². The Balaban J connectivity index is 0.000000359. The molecule has 0 saturated carbocycles. The minimum atomic E-state index is 0.413. The van der Waals surface area contributed by atoms with Crippen LogP contribution in [0.1, 0.15) is 197 Å². The Morgan fingerprint density at radius 2 is 1.23 bits per heavy atom. The Kier molecular flexibility index (Phi) is 22.9. The van der Waals surface area contributed by atoms with Gasteiger partial charge in [0.25, 0.3) is 0 Å². The van der Waals surface area contributed by atoms with Crippen LogP contribution in [-0.4, -0.2) is 51.5 Å². The number of rotatable bonds is 6. The molecule has 3 heterocycles. The zero-order valence-electron chi connectivity index (χ0n) is 41.6. The molecule has 2 saturated heterocycles. The monoisotopic (exact) mass is 812 g/mol. The predicted molar refractivity (Wildman–Crippen MR) is 256 cm³/mol. The first-order chi connectivity index (χ1) is 25.9. The summed E-state index contributed by atoms with van der Waals surface area (Å²) in [6.45, 7) is 43.4. The van der Waals surface area contributed by atoms with Crippen molar-refractivity contribution in [2.75, 3.05) is 40.5 Å². The number of hydrogen-bond acceptors (Lipinski definition) is 4. The summed E-state index contributed by atoms with van der Waals surface area (Å²) in [6, 6.07) is 13.3. The lowest BCUT2D eigenvalue weighted by atomic mass is 9.69. The third-order valence-electron chi connectivity index (χ3n) is 10.6. The lowest BCUT2D eigenvalue weighted by Crippen LogP contribution is -2.32. The van der Waals surface area contributed by atoms with Gasteiger partial charge in [0, 0.05) is 31.2 Å². The van der Waals surface area contributed by atoms with Crippen molar-refractivity contribution in [2.45, 2.75) is 200 Å². The minimum Gasteiger partial charge on any atom is -0.381 e. The summed E-state index contributed by atoms with van der Waals surface area (Å²) in [5.74, 6) is 1.68. The Morgan fingerprint density at radius 3 is 1.68 bits per heavy atom. The van der Waals surface area contributed by atoms with Crippen LogP contribution in [0.4, 0.5) is 0 Å². The third-order valence-corrected chi connectivity index (χ3v) is 11.4. The largest absolute Gasteiger partial charge is 0.381 e. The van der Waals surface area contributed by atoms with Crippen LogP contribution in [0.2, 0.25) is 0 Å². The molecule has 2 atom stereocenters. The topological polar surface area (TPSA) is 21.7 Å². The number of nitrogens with zero attached hydrogens (tertiary/aromatic N) is 1. The van der Waals surface area contributed by atoms with E-state index in [9.17, 15) is 0 Å². The fourth-order valence-electron chi connectivity index (χ4n) is 9.24. The molecule has 0 bridgehead atoms. The summed E-state index contributed by atoms with van der Waals surface area (Å²) in [6.07, 6.45) is 14.7. The first-order valence-corrected chi connectivity index (χ1v) is 23.8. The SMILES string of the molecule is CC(C)(C)C1CCCc2ccccc21.CC(C)(C)CC1CCCO1.CC(C)(C)CC1CCOCC1.CC(C)(C)Cc1cccs1.CN(C)CC(C)(C)CC(C)(C)C. The van der Waals surface area contributed by atoms with E-state index in [0.29, 0.717) is 38.6 Å². The molecule has 1 aromatic carbocycles. The van der Waals surface area contributed by atoms with Crippen LogP contribution in [0.15, 0.2) is 41.8 Å². The van der Waals surface area contributed by atoms with Gasteiger partial charge in [0.1, 0.15) is 0 Å². The zero-order chi connectivity index (χ0) is 43.7. The first kappa shape index (κ1) is 53.8. The summed E-state index contributed by atoms with van der Waals surface area (Å²) >= 11 is 1.85. The maximum absolute atomic E-state index is 5.53. The molecule has 0 N–H and O–H groups in total. The highest BCUT2D eigenvalue weighted by Crippen LogP contribution is 2.43. The molecular formula is C53H97NO2S. The van der Waals surface area contributed by atoms with Crippen molar-refractivity contribution in [1.82, 2.24) is 4.90 Å². The smallest absolute Gasteiger partial charge is 0.0581 e. The van der Waals surface area contributed by atoms with Gasteiger partial charge in [-0.25, -0.2) is 0 Å². The highest BCUT2D eigenvalue weighted by Gasteiger charge is 2.30. The summed E-state index contributed by atoms with van der Waals surface area (Å²) in [4.78, 5) is 3.76. The molecule has 2 unspecified atom stereocenters. The van der Waals surface area contributed by atoms with Crippen molar-refractivity contribution in [3.05, 3.63) is 57.8 Å². The van der Waals surface area contributed by atoms with Gasteiger partial charge in [0.05, 0.1) is 6.10 Å². The molecule has 1 aliphatic carbocycles. The van der Waals surface area contributed by atoms with Gasteiger partial charge in [-0.3, -0.25) is 0 Å². The molecule has 5 rings (SSSR count). The Hall–Kier alpha value is -1.20. The molecule has 3 nitrogen and oxygen atoms in total. The molecule has 0 radical (unpaired) electrons. The van der Waals surface area contributed by atoms with Crippen molar-refractivity contribution in [2.24, 2.45) is 38.4 Å². The molecule has 1 aromatic heterocycles. The van der Waals surface area contributed by atoms with Crippen molar-refractivity contribution >= 4 is 11.3 Å². The highest BCUT2D eigenvalue weighted by atomic mass is 32.1. The van der Waals surface area contributed by atoms with Crippen LogP contribution in [0.5, 0.6) is 0 Å². The Bertz CT molecular complexity index is 1290. The summed E-state index contributed by atoms with van der Waals surface area (Å²) in [5, 5.41) is 2.14. The molecule has 0 spiro atoms. The maximum Gasteiger partial charge on any atom is 0.0581 e. The molecule has 2 aromatic rings. The number of ether oxygens (including phenoxy) is 2. The van der Waals surface area contributed by atoms with Crippen LogP contribution in [0, 0.1) is 38.4 Å². The van der Waals surface area contributed by atoms with E-state index in [-0.39, 0.29) is 0 Å². The number of thiophene rings is 1. The fraction of sp³-hybridized carbons (Fsp3) is 0.811. The molecule has 0 amide bonds. The van der Waals surface area contributed by atoms with E-state index in [1.807, 2.05) is 11.3 Å². The average Bonchev–Trinajstić information content (AvgIpc) is 3.72. The summed E-state index contributed by atoms with van der Waals surface area (Å²) in [5.41, 5.74) is 5.85. The second-order valence-electron chi connectivity index (χ2n) is 24.7. The van der Waals surface area contributed by atoms with Crippen LogP contribution in [0.3, 0.4) is 0 Å². The van der Waals surface area contributed by atoms with Gasteiger partial charge >= 0.3 is 0 Å². The lowest BCUT2D eigenvalue weighted by molar-refractivity contribution is 0.0532. The van der Waals surface area contributed by atoms with Gasteiger partial charge < -0.3 is 14.4 Å². The van der Waals surface area contributed by atoms with E-state index in [4.69, 9.17) is 9.47 Å². The lowest BCUT2D eigenvalue weighted by Gasteiger charge is -2.35. The molecule has 3 aliphatic rings. The van der Waals surface area contributed by atoms with Gasteiger partial charge in [-0.2, -0.15) is 0 Å². The van der Waals surface area contributed by atoms with Crippen molar-refractivity contribution in [1.29, 1.82) is 0 Å². The maximum atomic E-state index is 5.53. The van der Waals surface area contributed by atoms with Gasteiger partial charge in [-0.1, -0.05) is 148 Å². The van der Waals surface area contributed by atoms with Crippen molar-refractivity contribution in [3.8, 4) is 0 Å². The summed E-state index contributed by atoms with van der Waals surface area (Å²) in [7, 11) is 4.29. The molecule has 2 fully saturated rings. The van der Waals surface area contributed by atoms with Gasteiger partial charge in [0.2, 0.25) is 0 Å². The first-order valence-electron chi connectivity index (χ1n) is 22.9. The fourth-order valence-corrected chi connectivity index (χ4v) is 10.2. The molecule has 332 valence electrons. The number of benzene rings is 1. The number of hydrogen-bond donors (Lipinski definition) is 0. The van der Waals surface area contributed by atoms with Gasteiger partial charge in [-0.15, -0.1) is 11.3 Å². The second-order valence-corrected chi connectivity index (χ2v) is 25.7. The van der Waals surface area contributed by atoms with Crippen LogP contribution < -0.4 is 0 Å². The third kappa shape index (κ3) is 28.1. The van der Waals surface area contributed by atoms with E-state index >= 15 is 0 Å².